The van der Waals surface area contributed by atoms with Gasteiger partial charge in [0.2, 0.25) is 0 Å². The standard InChI is InChI=1S/C11H19NO2/c1-8(9-2-3-9)10-4-6-12(7-5-10)11(13)14/h8-10H,2-7H2,1H3,(H,13,14). The Balaban J connectivity index is 1.80. The fourth-order valence-electron chi connectivity index (χ4n) is 2.62. The molecule has 1 saturated carbocycles. The third-order valence-corrected chi connectivity index (χ3v) is 3.92. The lowest BCUT2D eigenvalue weighted by Crippen LogP contribution is -2.39. The zero-order valence-electron chi connectivity index (χ0n) is 8.78. The van der Waals surface area contributed by atoms with Crippen LogP contribution < -0.4 is 0 Å². The molecule has 3 heteroatoms. The number of carboxylic acid groups (broad SMARTS) is 1. The smallest absolute Gasteiger partial charge is 0.407 e. The minimum atomic E-state index is -0.748. The quantitative estimate of drug-likeness (QED) is 0.738. The van der Waals surface area contributed by atoms with E-state index in [9.17, 15) is 4.79 Å². The molecule has 1 N–H and O–H groups in total. The summed E-state index contributed by atoms with van der Waals surface area (Å²) < 4.78 is 0. The van der Waals surface area contributed by atoms with Crippen molar-refractivity contribution in [2.75, 3.05) is 13.1 Å². The van der Waals surface area contributed by atoms with E-state index in [1.165, 1.54) is 12.8 Å². The van der Waals surface area contributed by atoms with Gasteiger partial charge in [-0.1, -0.05) is 6.92 Å². The molecule has 1 aliphatic heterocycles. The van der Waals surface area contributed by atoms with Crippen LogP contribution in [-0.4, -0.2) is 29.2 Å². The molecule has 1 heterocycles. The van der Waals surface area contributed by atoms with Gasteiger partial charge in [-0.3, -0.25) is 0 Å². The van der Waals surface area contributed by atoms with Crippen LogP contribution in [0.4, 0.5) is 4.79 Å². The van der Waals surface area contributed by atoms with Crippen molar-refractivity contribution >= 4 is 6.09 Å². The molecule has 0 spiro atoms. The summed E-state index contributed by atoms with van der Waals surface area (Å²) in [6.07, 6.45) is 4.21. The lowest BCUT2D eigenvalue weighted by molar-refractivity contribution is 0.111. The normalized spacial score (nSPS) is 26.2. The molecular formula is C11H19NO2. The van der Waals surface area contributed by atoms with Gasteiger partial charge in [0.15, 0.2) is 0 Å². The van der Waals surface area contributed by atoms with Crippen molar-refractivity contribution in [1.29, 1.82) is 0 Å². The molecule has 2 aliphatic rings. The van der Waals surface area contributed by atoms with E-state index in [1.807, 2.05) is 0 Å². The third-order valence-electron chi connectivity index (χ3n) is 3.92. The summed E-state index contributed by atoms with van der Waals surface area (Å²) in [7, 11) is 0. The average molecular weight is 197 g/mol. The van der Waals surface area contributed by atoms with E-state index in [0.29, 0.717) is 0 Å². The second-order valence-corrected chi connectivity index (χ2v) is 4.80. The van der Waals surface area contributed by atoms with Crippen molar-refractivity contribution in [1.82, 2.24) is 4.90 Å². The van der Waals surface area contributed by atoms with E-state index >= 15 is 0 Å². The number of rotatable bonds is 2. The zero-order chi connectivity index (χ0) is 10.1. The molecule has 80 valence electrons. The molecule has 0 aromatic rings. The van der Waals surface area contributed by atoms with Crippen molar-refractivity contribution in [3.63, 3.8) is 0 Å². The fraction of sp³-hybridized carbons (Fsp3) is 0.909. The van der Waals surface area contributed by atoms with Crippen LogP contribution in [0, 0.1) is 17.8 Å². The van der Waals surface area contributed by atoms with E-state index < -0.39 is 6.09 Å². The molecule has 1 saturated heterocycles. The number of piperidine rings is 1. The zero-order valence-corrected chi connectivity index (χ0v) is 8.78. The van der Waals surface area contributed by atoms with Crippen molar-refractivity contribution in [3.8, 4) is 0 Å². The van der Waals surface area contributed by atoms with Crippen LogP contribution in [0.3, 0.4) is 0 Å². The molecule has 1 aliphatic carbocycles. The molecular weight excluding hydrogens is 178 g/mol. The Morgan fingerprint density at radius 3 is 2.14 bits per heavy atom. The highest BCUT2D eigenvalue weighted by atomic mass is 16.4. The Morgan fingerprint density at radius 2 is 1.71 bits per heavy atom. The van der Waals surface area contributed by atoms with Crippen LogP contribution in [0.1, 0.15) is 32.6 Å². The Labute approximate surface area is 85.1 Å². The van der Waals surface area contributed by atoms with Crippen molar-refractivity contribution < 1.29 is 9.90 Å². The Bertz CT molecular complexity index is 217. The van der Waals surface area contributed by atoms with Crippen LogP contribution in [0.2, 0.25) is 0 Å². The second kappa shape index (κ2) is 3.79. The summed E-state index contributed by atoms with van der Waals surface area (Å²) in [5.74, 6) is 2.56. The van der Waals surface area contributed by atoms with Gasteiger partial charge in [0.25, 0.3) is 0 Å². The monoisotopic (exact) mass is 197 g/mol. The average Bonchev–Trinajstić information content (AvgIpc) is 3.00. The molecule has 3 nitrogen and oxygen atoms in total. The third kappa shape index (κ3) is 2.02. The predicted molar refractivity (Wildman–Crippen MR) is 54.2 cm³/mol. The first kappa shape index (κ1) is 9.81. The summed E-state index contributed by atoms with van der Waals surface area (Å²) in [4.78, 5) is 12.3. The van der Waals surface area contributed by atoms with Crippen LogP contribution in [-0.2, 0) is 0 Å². The first-order valence-corrected chi connectivity index (χ1v) is 5.66. The highest BCUT2D eigenvalue weighted by Crippen LogP contribution is 2.43. The SMILES string of the molecule is CC(C1CC1)C1CCN(C(=O)O)CC1. The van der Waals surface area contributed by atoms with E-state index in [1.54, 1.807) is 4.90 Å². The first-order valence-electron chi connectivity index (χ1n) is 5.66. The number of nitrogens with zero attached hydrogens (tertiary/aromatic N) is 1. The van der Waals surface area contributed by atoms with Gasteiger partial charge in [-0.25, -0.2) is 4.79 Å². The van der Waals surface area contributed by atoms with Gasteiger partial charge in [0.1, 0.15) is 0 Å². The van der Waals surface area contributed by atoms with Gasteiger partial charge >= 0.3 is 6.09 Å². The van der Waals surface area contributed by atoms with Crippen molar-refractivity contribution in [2.45, 2.75) is 32.6 Å². The Morgan fingerprint density at radius 1 is 1.21 bits per heavy atom. The summed E-state index contributed by atoms with van der Waals surface area (Å²) in [6, 6.07) is 0. The maximum Gasteiger partial charge on any atom is 0.407 e. The summed E-state index contributed by atoms with van der Waals surface area (Å²) in [5, 5.41) is 8.81. The van der Waals surface area contributed by atoms with Gasteiger partial charge < -0.3 is 10.0 Å². The molecule has 0 aromatic carbocycles. The van der Waals surface area contributed by atoms with Crippen LogP contribution >= 0.6 is 0 Å². The summed E-state index contributed by atoms with van der Waals surface area (Å²) >= 11 is 0. The van der Waals surface area contributed by atoms with Crippen LogP contribution in [0.25, 0.3) is 0 Å². The molecule has 2 fully saturated rings. The van der Waals surface area contributed by atoms with Gasteiger partial charge in [-0.2, -0.15) is 0 Å². The summed E-state index contributed by atoms with van der Waals surface area (Å²) in [6.45, 7) is 3.84. The fourth-order valence-corrected chi connectivity index (χ4v) is 2.62. The number of hydrogen-bond acceptors (Lipinski definition) is 1. The molecule has 2 rings (SSSR count). The predicted octanol–water partition coefficient (Wildman–Crippen LogP) is 2.42. The minimum Gasteiger partial charge on any atom is -0.465 e. The molecule has 0 bridgehead atoms. The molecule has 1 unspecified atom stereocenters. The number of likely N-dealkylation sites (tertiary alicyclic amines) is 1. The number of carbonyl (C=O) groups is 1. The van der Waals surface area contributed by atoms with Gasteiger partial charge in [0, 0.05) is 13.1 Å². The molecule has 1 amide bonds. The highest BCUT2D eigenvalue weighted by Gasteiger charge is 2.35. The van der Waals surface area contributed by atoms with Crippen molar-refractivity contribution in [2.24, 2.45) is 17.8 Å². The topological polar surface area (TPSA) is 40.5 Å². The summed E-state index contributed by atoms with van der Waals surface area (Å²) in [5.41, 5.74) is 0. The highest BCUT2D eigenvalue weighted by molar-refractivity contribution is 5.64. The second-order valence-electron chi connectivity index (χ2n) is 4.80. The van der Waals surface area contributed by atoms with Crippen molar-refractivity contribution in [3.05, 3.63) is 0 Å². The lowest BCUT2D eigenvalue weighted by Gasteiger charge is -2.33. The van der Waals surface area contributed by atoms with E-state index in [2.05, 4.69) is 6.92 Å². The molecule has 1 atom stereocenters. The maximum absolute atomic E-state index is 10.7. The minimum absolute atomic E-state index is 0.747. The maximum atomic E-state index is 10.7. The van der Waals surface area contributed by atoms with Crippen LogP contribution in [0.5, 0.6) is 0 Å². The molecule has 14 heavy (non-hydrogen) atoms. The lowest BCUT2D eigenvalue weighted by atomic mass is 9.83. The number of amides is 1. The number of hydrogen-bond donors (Lipinski definition) is 1. The molecule has 0 radical (unpaired) electrons. The van der Waals surface area contributed by atoms with E-state index in [-0.39, 0.29) is 0 Å². The van der Waals surface area contributed by atoms with Crippen LogP contribution in [0.15, 0.2) is 0 Å². The first-order chi connectivity index (χ1) is 6.68. The van der Waals surface area contributed by atoms with Gasteiger partial charge in [-0.05, 0) is 43.4 Å². The van der Waals surface area contributed by atoms with Gasteiger partial charge in [-0.15, -0.1) is 0 Å². The van der Waals surface area contributed by atoms with E-state index in [4.69, 9.17) is 5.11 Å². The largest absolute Gasteiger partial charge is 0.465 e. The van der Waals surface area contributed by atoms with E-state index in [0.717, 1.165) is 43.7 Å². The Hall–Kier alpha value is -0.730. The Kier molecular flexibility index (Phi) is 2.66. The molecule has 0 aromatic heterocycles. The van der Waals surface area contributed by atoms with Gasteiger partial charge in [0.05, 0.1) is 0 Å².